The molecule has 0 aromatic rings. The number of likely N-dealkylation sites (tertiary alicyclic amines) is 1. The molecule has 1 heterocycles. The van der Waals surface area contributed by atoms with Crippen molar-refractivity contribution >= 4 is 0 Å². The van der Waals surface area contributed by atoms with Gasteiger partial charge in [-0.2, -0.15) is 0 Å². The van der Waals surface area contributed by atoms with Crippen LogP contribution in [0.3, 0.4) is 0 Å². The summed E-state index contributed by atoms with van der Waals surface area (Å²) >= 11 is 0. The van der Waals surface area contributed by atoms with Crippen LogP contribution in [0.5, 0.6) is 0 Å². The highest BCUT2D eigenvalue weighted by atomic mass is 15.2. The Morgan fingerprint density at radius 3 is 2.31 bits per heavy atom. The van der Waals surface area contributed by atoms with Crippen LogP contribution in [0.2, 0.25) is 0 Å². The zero-order valence-corrected chi connectivity index (χ0v) is 11.6. The van der Waals surface area contributed by atoms with Crippen LogP contribution in [0.4, 0.5) is 0 Å². The van der Waals surface area contributed by atoms with Crippen molar-refractivity contribution in [2.75, 3.05) is 26.7 Å². The van der Waals surface area contributed by atoms with Gasteiger partial charge in [-0.3, -0.25) is 0 Å². The molecule has 2 atom stereocenters. The molecule has 0 spiro atoms. The average molecular weight is 226 g/mol. The van der Waals surface area contributed by atoms with Crippen LogP contribution < -0.4 is 5.32 Å². The molecule has 2 heteroatoms. The molecule has 0 saturated carbocycles. The van der Waals surface area contributed by atoms with E-state index >= 15 is 0 Å². The van der Waals surface area contributed by atoms with E-state index in [0.717, 1.165) is 11.8 Å². The van der Waals surface area contributed by atoms with Crippen LogP contribution in [-0.2, 0) is 0 Å². The Balaban J connectivity index is 2.31. The number of rotatable bonds is 6. The Kier molecular flexibility index (Phi) is 6.37. The molecule has 96 valence electrons. The number of hydrogen-bond acceptors (Lipinski definition) is 2. The highest BCUT2D eigenvalue weighted by Gasteiger charge is 2.22. The van der Waals surface area contributed by atoms with Crippen LogP contribution in [-0.4, -0.2) is 37.6 Å². The molecular weight excluding hydrogens is 196 g/mol. The third-order valence-electron chi connectivity index (χ3n) is 4.44. The zero-order valence-electron chi connectivity index (χ0n) is 11.6. The second-order valence-corrected chi connectivity index (χ2v) is 5.43. The minimum atomic E-state index is 0.670. The molecule has 0 aromatic carbocycles. The van der Waals surface area contributed by atoms with Crippen molar-refractivity contribution in [3.63, 3.8) is 0 Å². The first kappa shape index (κ1) is 14.0. The minimum absolute atomic E-state index is 0.670. The Morgan fingerprint density at radius 1 is 1.25 bits per heavy atom. The van der Waals surface area contributed by atoms with E-state index in [1.165, 1.54) is 45.3 Å². The Morgan fingerprint density at radius 2 is 1.88 bits per heavy atom. The molecule has 16 heavy (non-hydrogen) atoms. The van der Waals surface area contributed by atoms with Crippen LogP contribution in [0.1, 0.15) is 46.5 Å². The lowest BCUT2D eigenvalue weighted by Crippen LogP contribution is -2.46. The summed E-state index contributed by atoms with van der Waals surface area (Å²) in [6.07, 6.45) is 5.46. The van der Waals surface area contributed by atoms with E-state index in [1.807, 2.05) is 0 Å². The van der Waals surface area contributed by atoms with E-state index in [0.29, 0.717) is 6.04 Å². The van der Waals surface area contributed by atoms with Gasteiger partial charge in [-0.05, 0) is 44.8 Å². The minimum Gasteiger partial charge on any atom is -0.315 e. The van der Waals surface area contributed by atoms with Gasteiger partial charge >= 0.3 is 0 Å². The summed E-state index contributed by atoms with van der Waals surface area (Å²) in [7, 11) is 2.11. The molecular formula is C14H30N2. The predicted octanol–water partition coefficient (Wildman–Crippen LogP) is 2.74. The zero-order chi connectivity index (χ0) is 12.0. The van der Waals surface area contributed by atoms with Gasteiger partial charge in [0.15, 0.2) is 0 Å². The summed E-state index contributed by atoms with van der Waals surface area (Å²) in [5.74, 6) is 1.78. The van der Waals surface area contributed by atoms with Gasteiger partial charge in [-0.25, -0.2) is 0 Å². The van der Waals surface area contributed by atoms with Crippen LogP contribution in [0, 0.1) is 11.8 Å². The topological polar surface area (TPSA) is 15.3 Å². The Hall–Kier alpha value is -0.0800. The molecule has 1 aliphatic heterocycles. The van der Waals surface area contributed by atoms with E-state index in [-0.39, 0.29) is 0 Å². The smallest absolute Gasteiger partial charge is 0.0217 e. The molecule has 1 rings (SSSR count). The average Bonchev–Trinajstić information content (AvgIpc) is 2.35. The fourth-order valence-corrected chi connectivity index (χ4v) is 2.70. The Bertz CT molecular complexity index is 174. The van der Waals surface area contributed by atoms with Crippen molar-refractivity contribution in [2.24, 2.45) is 11.8 Å². The Labute approximate surface area is 102 Å². The molecule has 0 aliphatic carbocycles. The first-order chi connectivity index (χ1) is 7.71. The van der Waals surface area contributed by atoms with Gasteiger partial charge in [-0.15, -0.1) is 0 Å². The molecule has 1 N–H and O–H groups in total. The summed E-state index contributed by atoms with van der Waals surface area (Å²) in [5, 5.41) is 3.48. The maximum Gasteiger partial charge on any atom is 0.0217 e. The summed E-state index contributed by atoms with van der Waals surface area (Å²) < 4.78 is 0. The highest BCUT2D eigenvalue weighted by molar-refractivity contribution is 4.79. The second-order valence-electron chi connectivity index (χ2n) is 5.43. The van der Waals surface area contributed by atoms with Crippen LogP contribution in [0.25, 0.3) is 0 Å². The van der Waals surface area contributed by atoms with Crippen molar-refractivity contribution in [2.45, 2.75) is 52.5 Å². The maximum atomic E-state index is 3.48. The number of nitrogens with zero attached hydrogens (tertiary/aromatic N) is 1. The normalized spacial score (nSPS) is 23.2. The van der Waals surface area contributed by atoms with Gasteiger partial charge in [0.1, 0.15) is 0 Å². The van der Waals surface area contributed by atoms with E-state index in [2.05, 4.69) is 38.0 Å². The molecule has 1 fully saturated rings. The monoisotopic (exact) mass is 226 g/mol. The molecule has 1 saturated heterocycles. The summed E-state index contributed by atoms with van der Waals surface area (Å²) in [6.45, 7) is 10.8. The van der Waals surface area contributed by atoms with Crippen molar-refractivity contribution in [1.29, 1.82) is 0 Å². The lowest BCUT2D eigenvalue weighted by Gasteiger charge is -2.35. The number of piperidine rings is 1. The van der Waals surface area contributed by atoms with Crippen molar-refractivity contribution in [3.8, 4) is 0 Å². The highest BCUT2D eigenvalue weighted by Crippen LogP contribution is 2.20. The van der Waals surface area contributed by atoms with Crippen LogP contribution >= 0.6 is 0 Å². The fourth-order valence-electron chi connectivity index (χ4n) is 2.70. The first-order valence-corrected chi connectivity index (χ1v) is 7.10. The number of nitrogens with one attached hydrogen (secondary N) is 1. The van der Waals surface area contributed by atoms with Crippen molar-refractivity contribution in [3.05, 3.63) is 0 Å². The molecule has 1 aliphatic rings. The van der Waals surface area contributed by atoms with E-state index in [4.69, 9.17) is 0 Å². The molecule has 0 bridgehead atoms. The SMILES string of the molecule is CCC1CCN(CC(NC)C(C)CC)CC1. The van der Waals surface area contributed by atoms with Crippen LogP contribution in [0.15, 0.2) is 0 Å². The predicted molar refractivity (Wildman–Crippen MR) is 71.8 cm³/mol. The number of hydrogen-bond donors (Lipinski definition) is 1. The van der Waals surface area contributed by atoms with Gasteiger partial charge in [0, 0.05) is 12.6 Å². The molecule has 2 nitrogen and oxygen atoms in total. The standard InChI is InChI=1S/C14H30N2/c1-5-12(3)14(15-4)11-16-9-7-13(6-2)8-10-16/h12-15H,5-11H2,1-4H3. The first-order valence-electron chi connectivity index (χ1n) is 7.10. The second kappa shape index (κ2) is 7.29. The van der Waals surface area contributed by atoms with Gasteiger partial charge in [0.25, 0.3) is 0 Å². The molecule has 2 unspecified atom stereocenters. The lowest BCUT2D eigenvalue weighted by molar-refractivity contribution is 0.154. The quantitative estimate of drug-likeness (QED) is 0.749. The van der Waals surface area contributed by atoms with Gasteiger partial charge in [0.05, 0.1) is 0 Å². The maximum absolute atomic E-state index is 3.48. The van der Waals surface area contributed by atoms with E-state index in [1.54, 1.807) is 0 Å². The van der Waals surface area contributed by atoms with E-state index < -0.39 is 0 Å². The third-order valence-corrected chi connectivity index (χ3v) is 4.44. The third kappa shape index (κ3) is 4.06. The largest absolute Gasteiger partial charge is 0.315 e. The van der Waals surface area contributed by atoms with Crippen molar-refractivity contribution < 1.29 is 0 Å². The van der Waals surface area contributed by atoms with Gasteiger partial charge in [0.2, 0.25) is 0 Å². The molecule has 0 radical (unpaired) electrons. The molecule has 0 amide bonds. The summed E-state index contributed by atoms with van der Waals surface area (Å²) in [5.41, 5.74) is 0. The van der Waals surface area contributed by atoms with Gasteiger partial charge < -0.3 is 10.2 Å². The lowest BCUT2D eigenvalue weighted by atomic mass is 9.93. The summed E-state index contributed by atoms with van der Waals surface area (Å²) in [6, 6.07) is 0.670. The van der Waals surface area contributed by atoms with Crippen molar-refractivity contribution in [1.82, 2.24) is 10.2 Å². The van der Waals surface area contributed by atoms with Gasteiger partial charge in [-0.1, -0.05) is 33.6 Å². The fraction of sp³-hybridized carbons (Fsp3) is 1.00. The summed E-state index contributed by atoms with van der Waals surface area (Å²) in [4.78, 5) is 2.65. The van der Waals surface area contributed by atoms with E-state index in [9.17, 15) is 0 Å². The molecule has 0 aromatic heterocycles. The number of likely N-dealkylation sites (N-methyl/N-ethyl adjacent to an activating group) is 1.